The summed E-state index contributed by atoms with van der Waals surface area (Å²) in [5, 5.41) is 2.90. The molecule has 0 aliphatic carbocycles. The van der Waals surface area contributed by atoms with Crippen LogP contribution in [0.25, 0.3) is 0 Å². The highest BCUT2D eigenvalue weighted by atomic mass is 16.1. The predicted molar refractivity (Wildman–Crippen MR) is 60.7 cm³/mol. The van der Waals surface area contributed by atoms with E-state index in [1.165, 1.54) is 11.1 Å². The number of hydrogen-bond acceptors (Lipinski definition) is 1. The summed E-state index contributed by atoms with van der Waals surface area (Å²) in [5.74, 6) is 0.674. The van der Waals surface area contributed by atoms with Crippen molar-refractivity contribution in [2.45, 2.75) is 26.2 Å². The van der Waals surface area contributed by atoms with Crippen molar-refractivity contribution in [3.05, 3.63) is 35.4 Å². The van der Waals surface area contributed by atoms with E-state index < -0.39 is 0 Å². The van der Waals surface area contributed by atoms with E-state index in [0.717, 1.165) is 13.0 Å². The first-order valence-corrected chi connectivity index (χ1v) is 5.53. The summed E-state index contributed by atoms with van der Waals surface area (Å²) in [6.45, 7) is 4.90. The summed E-state index contributed by atoms with van der Waals surface area (Å²) >= 11 is 0. The highest BCUT2D eigenvalue weighted by Gasteiger charge is 2.28. The van der Waals surface area contributed by atoms with Gasteiger partial charge in [-0.2, -0.15) is 0 Å². The van der Waals surface area contributed by atoms with Crippen molar-refractivity contribution in [2.75, 3.05) is 6.54 Å². The van der Waals surface area contributed by atoms with Crippen LogP contribution in [-0.4, -0.2) is 12.5 Å². The largest absolute Gasteiger partial charge is 0.356 e. The number of piperidine rings is 1. The fourth-order valence-electron chi connectivity index (χ4n) is 2.21. The number of aryl methyl sites for hydroxylation is 1. The molecule has 1 aromatic rings. The third kappa shape index (κ3) is 2.04. The molecule has 15 heavy (non-hydrogen) atoms. The minimum absolute atomic E-state index is 0.0986. The van der Waals surface area contributed by atoms with Gasteiger partial charge in [0.1, 0.15) is 0 Å². The molecule has 1 aliphatic rings. The molecule has 0 bridgehead atoms. The summed E-state index contributed by atoms with van der Waals surface area (Å²) in [5.41, 5.74) is 2.56. The molecule has 1 saturated heterocycles. The lowest BCUT2D eigenvalue weighted by Crippen LogP contribution is -2.39. The molecule has 2 heteroatoms. The van der Waals surface area contributed by atoms with E-state index >= 15 is 0 Å². The van der Waals surface area contributed by atoms with E-state index in [1.807, 2.05) is 6.92 Å². The molecule has 2 nitrogen and oxygen atoms in total. The van der Waals surface area contributed by atoms with Gasteiger partial charge in [0, 0.05) is 12.5 Å². The topological polar surface area (TPSA) is 29.1 Å². The zero-order valence-electron chi connectivity index (χ0n) is 9.29. The van der Waals surface area contributed by atoms with Crippen LogP contribution in [0.2, 0.25) is 0 Å². The lowest BCUT2D eigenvalue weighted by atomic mass is 9.82. The molecule has 1 fully saturated rings. The molecular formula is C13H17NO. The average Bonchev–Trinajstić information content (AvgIpc) is 2.24. The fraction of sp³-hybridized carbons (Fsp3) is 0.462. The summed E-state index contributed by atoms with van der Waals surface area (Å²) in [4.78, 5) is 11.5. The second kappa shape index (κ2) is 4.05. The van der Waals surface area contributed by atoms with Crippen LogP contribution in [0.4, 0.5) is 0 Å². The third-order valence-corrected chi connectivity index (χ3v) is 3.28. The molecular weight excluding hydrogens is 186 g/mol. The third-order valence-electron chi connectivity index (χ3n) is 3.28. The quantitative estimate of drug-likeness (QED) is 0.745. The summed E-state index contributed by atoms with van der Waals surface area (Å²) < 4.78 is 0. The molecule has 1 N–H and O–H groups in total. The lowest BCUT2D eigenvalue weighted by Gasteiger charge is -2.28. The van der Waals surface area contributed by atoms with Crippen LogP contribution >= 0.6 is 0 Å². The fourth-order valence-corrected chi connectivity index (χ4v) is 2.21. The molecule has 0 unspecified atom stereocenters. The monoisotopic (exact) mass is 203 g/mol. The average molecular weight is 203 g/mol. The molecule has 1 aromatic carbocycles. The van der Waals surface area contributed by atoms with Crippen LogP contribution in [0.1, 0.15) is 30.4 Å². The molecule has 80 valence electrons. The maximum Gasteiger partial charge on any atom is 0.223 e. The van der Waals surface area contributed by atoms with E-state index in [-0.39, 0.29) is 11.8 Å². The van der Waals surface area contributed by atoms with Crippen molar-refractivity contribution < 1.29 is 4.79 Å². The van der Waals surface area contributed by atoms with Crippen molar-refractivity contribution in [1.29, 1.82) is 0 Å². The Morgan fingerprint density at radius 3 is 2.60 bits per heavy atom. The van der Waals surface area contributed by atoms with Gasteiger partial charge in [-0.25, -0.2) is 0 Å². The molecule has 1 aliphatic heterocycles. The molecule has 0 spiro atoms. The Hall–Kier alpha value is -1.31. The normalized spacial score (nSPS) is 26.1. The lowest BCUT2D eigenvalue weighted by molar-refractivity contribution is -0.126. The van der Waals surface area contributed by atoms with Gasteiger partial charge in [0.05, 0.1) is 0 Å². The summed E-state index contributed by atoms with van der Waals surface area (Å²) in [6.07, 6.45) is 1.05. The number of benzene rings is 1. The maximum atomic E-state index is 11.5. The van der Waals surface area contributed by atoms with Crippen LogP contribution in [0.15, 0.2) is 24.3 Å². The number of hydrogen-bond donors (Lipinski definition) is 1. The first kappa shape index (κ1) is 10.2. The predicted octanol–water partition coefficient (Wildman–Crippen LogP) is 2.23. The van der Waals surface area contributed by atoms with Crippen molar-refractivity contribution in [3.63, 3.8) is 0 Å². The summed E-state index contributed by atoms with van der Waals surface area (Å²) in [6, 6.07) is 8.54. The SMILES string of the molecule is Cc1ccc([C@H]2CCNC(=O)[C@@H]2C)cc1. The van der Waals surface area contributed by atoms with Crippen LogP contribution < -0.4 is 5.32 Å². The Kier molecular flexibility index (Phi) is 2.76. The Labute approximate surface area is 90.7 Å². The van der Waals surface area contributed by atoms with Crippen LogP contribution in [0, 0.1) is 12.8 Å². The zero-order valence-corrected chi connectivity index (χ0v) is 9.29. The second-order valence-electron chi connectivity index (χ2n) is 4.39. The highest BCUT2D eigenvalue weighted by Crippen LogP contribution is 2.30. The van der Waals surface area contributed by atoms with Gasteiger partial charge in [-0.3, -0.25) is 4.79 Å². The molecule has 0 radical (unpaired) electrons. The Balaban J connectivity index is 2.22. The van der Waals surface area contributed by atoms with Gasteiger partial charge in [0.15, 0.2) is 0 Å². The van der Waals surface area contributed by atoms with Crippen molar-refractivity contribution in [3.8, 4) is 0 Å². The van der Waals surface area contributed by atoms with Crippen LogP contribution in [0.5, 0.6) is 0 Å². The number of carbonyl (C=O) groups excluding carboxylic acids is 1. The van der Waals surface area contributed by atoms with E-state index in [9.17, 15) is 4.79 Å². The minimum atomic E-state index is 0.0986. The molecule has 1 heterocycles. The van der Waals surface area contributed by atoms with Crippen LogP contribution in [-0.2, 0) is 4.79 Å². The molecule has 2 rings (SSSR count). The van der Waals surface area contributed by atoms with Crippen molar-refractivity contribution in [2.24, 2.45) is 5.92 Å². The van der Waals surface area contributed by atoms with Gasteiger partial charge in [-0.1, -0.05) is 36.8 Å². The van der Waals surface area contributed by atoms with Crippen molar-refractivity contribution >= 4 is 5.91 Å². The summed E-state index contributed by atoms with van der Waals surface area (Å²) in [7, 11) is 0. The van der Waals surface area contributed by atoms with Gasteiger partial charge in [0.2, 0.25) is 5.91 Å². The molecule has 1 amide bonds. The maximum absolute atomic E-state index is 11.5. The minimum Gasteiger partial charge on any atom is -0.356 e. The molecule has 0 saturated carbocycles. The smallest absolute Gasteiger partial charge is 0.223 e. The number of nitrogens with one attached hydrogen (secondary N) is 1. The highest BCUT2D eigenvalue weighted by molar-refractivity contribution is 5.80. The number of amides is 1. The van der Waals surface area contributed by atoms with Gasteiger partial charge in [-0.05, 0) is 24.8 Å². The van der Waals surface area contributed by atoms with E-state index in [2.05, 4.69) is 36.5 Å². The van der Waals surface area contributed by atoms with E-state index in [4.69, 9.17) is 0 Å². The Bertz CT molecular complexity index is 355. The first-order valence-electron chi connectivity index (χ1n) is 5.53. The van der Waals surface area contributed by atoms with E-state index in [1.54, 1.807) is 0 Å². The second-order valence-corrected chi connectivity index (χ2v) is 4.39. The number of carbonyl (C=O) groups is 1. The Morgan fingerprint density at radius 1 is 1.27 bits per heavy atom. The molecule has 2 atom stereocenters. The van der Waals surface area contributed by atoms with Gasteiger partial charge in [0.25, 0.3) is 0 Å². The van der Waals surface area contributed by atoms with Crippen LogP contribution in [0.3, 0.4) is 0 Å². The van der Waals surface area contributed by atoms with Gasteiger partial charge in [-0.15, -0.1) is 0 Å². The standard InChI is InChI=1S/C13H17NO/c1-9-3-5-11(6-4-9)12-7-8-14-13(15)10(12)2/h3-6,10,12H,7-8H2,1-2H3,(H,14,15)/t10-,12+/m1/s1. The Morgan fingerprint density at radius 2 is 1.93 bits per heavy atom. The van der Waals surface area contributed by atoms with Gasteiger partial charge < -0.3 is 5.32 Å². The number of rotatable bonds is 1. The van der Waals surface area contributed by atoms with Gasteiger partial charge >= 0.3 is 0 Å². The first-order chi connectivity index (χ1) is 7.18. The molecule has 0 aromatic heterocycles. The van der Waals surface area contributed by atoms with Crippen molar-refractivity contribution in [1.82, 2.24) is 5.32 Å². The zero-order chi connectivity index (χ0) is 10.8. The van der Waals surface area contributed by atoms with E-state index in [0.29, 0.717) is 5.92 Å².